The number of carbonyl (C=O) groups excluding carboxylic acids is 2. The van der Waals surface area contributed by atoms with E-state index in [1.165, 1.54) is 4.90 Å². The van der Waals surface area contributed by atoms with Crippen LogP contribution in [0.25, 0.3) is 0 Å². The lowest BCUT2D eigenvalue weighted by atomic mass is 9.73. The van der Waals surface area contributed by atoms with Gasteiger partial charge in [-0.1, -0.05) is 37.4 Å². The van der Waals surface area contributed by atoms with Crippen LogP contribution in [-0.2, 0) is 4.79 Å². The first-order valence-electron chi connectivity index (χ1n) is 9.86. The molecule has 1 spiro atoms. The van der Waals surface area contributed by atoms with Crippen LogP contribution in [0.4, 0.5) is 10.5 Å². The molecule has 4 rings (SSSR count). The van der Waals surface area contributed by atoms with Crippen molar-refractivity contribution in [2.24, 2.45) is 5.92 Å². The summed E-state index contributed by atoms with van der Waals surface area (Å²) in [5, 5.41) is 3.77. The summed E-state index contributed by atoms with van der Waals surface area (Å²) in [6, 6.07) is 7.64. The van der Waals surface area contributed by atoms with Crippen molar-refractivity contribution >= 4 is 29.2 Å². The molecule has 7 heteroatoms. The zero-order valence-electron chi connectivity index (χ0n) is 15.8. The Morgan fingerprint density at radius 2 is 1.96 bits per heavy atom. The standard InChI is InChI=1S/C20H27ClN4O2/c1-15-5-2-3-8-20(15)18(26)25(19(27)22-20)14-23-9-11-24(12-10-23)17-7-4-6-16(21)13-17/h4,6-7,13,15H,2-3,5,8-12,14H2,1H3,(H,22,27)/t15-,20-/m1/s1. The van der Waals surface area contributed by atoms with Gasteiger partial charge in [-0.25, -0.2) is 9.69 Å². The molecule has 1 aliphatic carbocycles. The molecule has 3 aliphatic rings. The van der Waals surface area contributed by atoms with E-state index in [-0.39, 0.29) is 17.9 Å². The molecular weight excluding hydrogens is 364 g/mol. The lowest BCUT2D eigenvalue weighted by Gasteiger charge is -2.38. The molecule has 1 aromatic carbocycles. The van der Waals surface area contributed by atoms with Crippen LogP contribution in [0, 0.1) is 5.92 Å². The van der Waals surface area contributed by atoms with Gasteiger partial charge in [-0.15, -0.1) is 0 Å². The van der Waals surface area contributed by atoms with Crippen molar-refractivity contribution in [3.63, 3.8) is 0 Å². The van der Waals surface area contributed by atoms with Crippen LogP contribution in [0.5, 0.6) is 0 Å². The summed E-state index contributed by atoms with van der Waals surface area (Å²) in [4.78, 5) is 31.5. The smallest absolute Gasteiger partial charge is 0.326 e. The molecule has 0 radical (unpaired) electrons. The van der Waals surface area contributed by atoms with E-state index in [0.29, 0.717) is 6.67 Å². The molecule has 6 nitrogen and oxygen atoms in total. The summed E-state index contributed by atoms with van der Waals surface area (Å²) in [5.41, 5.74) is 0.449. The monoisotopic (exact) mass is 390 g/mol. The van der Waals surface area contributed by atoms with Gasteiger partial charge < -0.3 is 10.2 Å². The van der Waals surface area contributed by atoms with E-state index in [0.717, 1.165) is 62.6 Å². The molecule has 2 heterocycles. The fourth-order valence-electron chi connectivity index (χ4n) is 4.64. The first-order chi connectivity index (χ1) is 13.0. The number of piperazine rings is 1. The molecule has 2 aliphatic heterocycles. The highest BCUT2D eigenvalue weighted by molar-refractivity contribution is 6.30. The fraction of sp³-hybridized carbons (Fsp3) is 0.600. The van der Waals surface area contributed by atoms with Crippen molar-refractivity contribution in [2.45, 2.75) is 38.1 Å². The lowest BCUT2D eigenvalue weighted by Crippen LogP contribution is -2.55. The highest BCUT2D eigenvalue weighted by Gasteiger charge is 2.55. The molecule has 27 heavy (non-hydrogen) atoms. The SMILES string of the molecule is C[C@@H]1CCCC[C@@]12NC(=O)N(CN1CCN(c3cccc(Cl)c3)CC1)C2=O. The molecule has 3 fully saturated rings. The Kier molecular flexibility index (Phi) is 5.03. The second kappa shape index (κ2) is 7.32. The number of benzene rings is 1. The van der Waals surface area contributed by atoms with Gasteiger partial charge in [0.05, 0.1) is 6.67 Å². The Hall–Kier alpha value is -1.79. The van der Waals surface area contributed by atoms with Gasteiger partial charge in [0, 0.05) is 36.9 Å². The van der Waals surface area contributed by atoms with E-state index in [2.05, 4.69) is 28.1 Å². The summed E-state index contributed by atoms with van der Waals surface area (Å²) in [7, 11) is 0. The minimum absolute atomic E-state index is 0.0306. The van der Waals surface area contributed by atoms with Gasteiger partial charge in [0.1, 0.15) is 5.54 Å². The Balaban J connectivity index is 1.38. The predicted octanol–water partition coefficient (Wildman–Crippen LogP) is 2.92. The third-order valence-electron chi connectivity index (χ3n) is 6.39. The molecular formula is C20H27ClN4O2. The molecule has 1 saturated carbocycles. The van der Waals surface area contributed by atoms with Crippen molar-refractivity contribution in [3.05, 3.63) is 29.3 Å². The summed E-state index contributed by atoms with van der Waals surface area (Å²) in [6.07, 6.45) is 3.90. The average molecular weight is 391 g/mol. The van der Waals surface area contributed by atoms with Crippen LogP contribution in [0.1, 0.15) is 32.6 Å². The van der Waals surface area contributed by atoms with Crippen LogP contribution in [0.3, 0.4) is 0 Å². The number of anilines is 1. The largest absolute Gasteiger partial charge is 0.369 e. The molecule has 1 aromatic rings. The third-order valence-corrected chi connectivity index (χ3v) is 6.62. The van der Waals surface area contributed by atoms with Crippen molar-refractivity contribution in [1.82, 2.24) is 15.1 Å². The quantitative estimate of drug-likeness (QED) is 0.806. The topological polar surface area (TPSA) is 55.9 Å². The number of amides is 3. The van der Waals surface area contributed by atoms with Crippen LogP contribution >= 0.6 is 11.6 Å². The van der Waals surface area contributed by atoms with Gasteiger partial charge in [0.25, 0.3) is 5.91 Å². The van der Waals surface area contributed by atoms with Gasteiger partial charge in [-0.05, 0) is 37.0 Å². The number of rotatable bonds is 3. The van der Waals surface area contributed by atoms with Crippen LogP contribution in [-0.4, -0.2) is 60.1 Å². The van der Waals surface area contributed by atoms with Gasteiger partial charge in [-0.3, -0.25) is 9.69 Å². The number of carbonyl (C=O) groups is 2. The minimum atomic E-state index is -0.669. The number of hydrogen-bond acceptors (Lipinski definition) is 4. The lowest BCUT2D eigenvalue weighted by molar-refractivity contribution is -0.135. The van der Waals surface area contributed by atoms with Gasteiger partial charge in [0.15, 0.2) is 0 Å². The molecule has 3 amide bonds. The highest BCUT2D eigenvalue weighted by atomic mass is 35.5. The number of hydrogen-bond donors (Lipinski definition) is 1. The molecule has 2 atom stereocenters. The van der Waals surface area contributed by atoms with Crippen LogP contribution in [0.2, 0.25) is 5.02 Å². The Morgan fingerprint density at radius 3 is 2.67 bits per heavy atom. The molecule has 0 aromatic heterocycles. The summed E-state index contributed by atoms with van der Waals surface area (Å²) in [6.45, 7) is 5.79. The van der Waals surface area contributed by atoms with Crippen molar-refractivity contribution in [3.8, 4) is 0 Å². The van der Waals surface area contributed by atoms with Crippen molar-refractivity contribution in [1.29, 1.82) is 0 Å². The van der Waals surface area contributed by atoms with E-state index in [1.54, 1.807) is 0 Å². The minimum Gasteiger partial charge on any atom is -0.369 e. The number of halogens is 1. The first kappa shape index (κ1) is 18.6. The number of nitrogens with one attached hydrogen (secondary N) is 1. The van der Waals surface area contributed by atoms with E-state index in [4.69, 9.17) is 11.6 Å². The highest BCUT2D eigenvalue weighted by Crippen LogP contribution is 2.38. The zero-order valence-corrected chi connectivity index (χ0v) is 16.5. The summed E-state index contributed by atoms with van der Waals surface area (Å²) < 4.78 is 0. The maximum absolute atomic E-state index is 13.1. The Labute approximate surface area is 165 Å². The van der Waals surface area contributed by atoms with Crippen molar-refractivity contribution < 1.29 is 9.59 Å². The molecule has 0 unspecified atom stereocenters. The maximum atomic E-state index is 13.1. The first-order valence-corrected chi connectivity index (χ1v) is 10.2. The molecule has 146 valence electrons. The van der Waals surface area contributed by atoms with E-state index in [9.17, 15) is 9.59 Å². The average Bonchev–Trinajstić information content (AvgIpc) is 2.90. The van der Waals surface area contributed by atoms with Gasteiger partial charge in [-0.2, -0.15) is 0 Å². The summed E-state index contributed by atoms with van der Waals surface area (Å²) >= 11 is 6.10. The number of urea groups is 1. The van der Waals surface area contributed by atoms with Gasteiger partial charge >= 0.3 is 6.03 Å². The fourth-order valence-corrected chi connectivity index (χ4v) is 4.83. The number of nitrogens with zero attached hydrogens (tertiary/aromatic N) is 3. The molecule has 1 N–H and O–H groups in total. The second-order valence-corrected chi connectivity index (χ2v) is 8.44. The molecule has 2 saturated heterocycles. The second-order valence-electron chi connectivity index (χ2n) is 8.01. The maximum Gasteiger partial charge on any atom is 0.326 e. The third kappa shape index (κ3) is 3.41. The van der Waals surface area contributed by atoms with Crippen LogP contribution < -0.4 is 10.2 Å². The Morgan fingerprint density at radius 1 is 1.19 bits per heavy atom. The number of imide groups is 1. The van der Waals surface area contributed by atoms with E-state index >= 15 is 0 Å². The molecule has 0 bridgehead atoms. The van der Waals surface area contributed by atoms with Crippen molar-refractivity contribution in [2.75, 3.05) is 37.7 Å². The van der Waals surface area contributed by atoms with E-state index < -0.39 is 5.54 Å². The predicted molar refractivity (Wildman–Crippen MR) is 106 cm³/mol. The Bertz CT molecular complexity index is 734. The zero-order chi connectivity index (χ0) is 19.0. The normalized spacial score (nSPS) is 29.5. The summed E-state index contributed by atoms with van der Waals surface area (Å²) in [5.74, 6) is 0.171. The van der Waals surface area contributed by atoms with E-state index in [1.807, 2.05) is 18.2 Å². The van der Waals surface area contributed by atoms with Crippen LogP contribution in [0.15, 0.2) is 24.3 Å². The van der Waals surface area contributed by atoms with Gasteiger partial charge in [0.2, 0.25) is 0 Å².